The minimum absolute atomic E-state index is 0.0856. The van der Waals surface area contributed by atoms with Crippen LogP contribution in [0.25, 0.3) is 0 Å². The minimum Gasteiger partial charge on any atom is -0.337 e. The topological polar surface area (TPSA) is 58.4 Å². The highest BCUT2D eigenvalue weighted by molar-refractivity contribution is 5.84. The lowest BCUT2D eigenvalue weighted by atomic mass is 10.1. The van der Waals surface area contributed by atoms with E-state index in [1.807, 2.05) is 24.2 Å². The molecule has 0 spiro atoms. The lowest BCUT2D eigenvalue weighted by Crippen LogP contribution is -2.41. The summed E-state index contributed by atoms with van der Waals surface area (Å²) in [5.41, 5.74) is 0.801. The molecule has 3 aliphatic rings. The third kappa shape index (κ3) is 2.40. The number of fused-ring (bicyclic) bond motifs is 1. The Bertz CT molecular complexity index is 607. The molecule has 1 aliphatic carbocycles. The van der Waals surface area contributed by atoms with Crippen LogP contribution < -0.4 is 0 Å². The fourth-order valence-corrected chi connectivity index (χ4v) is 3.87. The molecule has 2 amide bonds. The molecule has 0 N–H and O–H groups in total. The van der Waals surface area contributed by atoms with Gasteiger partial charge in [0.05, 0.1) is 24.2 Å². The first-order valence-corrected chi connectivity index (χ1v) is 8.19. The average Bonchev–Trinajstić information content (AvgIpc) is 2.94. The molecule has 22 heavy (non-hydrogen) atoms. The van der Waals surface area contributed by atoms with Gasteiger partial charge >= 0.3 is 0 Å². The van der Waals surface area contributed by atoms with E-state index in [4.69, 9.17) is 0 Å². The largest absolute Gasteiger partial charge is 0.337 e. The number of aryl methyl sites for hydroxylation is 1. The van der Waals surface area contributed by atoms with E-state index in [-0.39, 0.29) is 23.9 Å². The summed E-state index contributed by atoms with van der Waals surface area (Å²) in [6.45, 7) is 1.68. The van der Waals surface area contributed by atoms with E-state index in [0.29, 0.717) is 18.8 Å². The van der Waals surface area contributed by atoms with Crippen molar-refractivity contribution in [3.05, 3.63) is 18.0 Å². The van der Waals surface area contributed by atoms with Gasteiger partial charge in [0.25, 0.3) is 0 Å². The van der Waals surface area contributed by atoms with Crippen LogP contribution in [0.15, 0.2) is 12.3 Å². The lowest BCUT2D eigenvalue weighted by Gasteiger charge is -2.25. The Hall–Kier alpha value is -1.85. The Labute approximate surface area is 130 Å². The van der Waals surface area contributed by atoms with Gasteiger partial charge in [0.1, 0.15) is 0 Å². The van der Waals surface area contributed by atoms with E-state index in [1.54, 1.807) is 4.68 Å². The summed E-state index contributed by atoms with van der Waals surface area (Å²) in [5, 5.41) is 4.28. The Kier molecular flexibility index (Phi) is 3.20. The summed E-state index contributed by atoms with van der Waals surface area (Å²) in [6.07, 6.45) is 6.13. The smallest absolute Gasteiger partial charge is 0.228 e. The molecule has 1 aromatic heterocycles. The molecule has 3 heterocycles. The molecule has 0 radical (unpaired) electrons. The highest BCUT2D eigenvalue weighted by Crippen LogP contribution is 2.37. The minimum atomic E-state index is 0.0856. The first kappa shape index (κ1) is 13.8. The van der Waals surface area contributed by atoms with Crippen LogP contribution in [0.3, 0.4) is 0 Å². The molecule has 2 saturated heterocycles. The van der Waals surface area contributed by atoms with E-state index < -0.39 is 0 Å². The van der Waals surface area contributed by atoms with Crippen LogP contribution in [0, 0.1) is 5.92 Å². The normalized spacial score (nSPS) is 27.6. The SMILES string of the molecule is Cn1ccc(CC(=O)N2CC[C@@H]3[C@H]2CC(=O)N3CC2CC2)n1. The number of aromatic nitrogens is 2. The van der Waals surface area contributed by atoms with Gasteiger partial charge in [0.2, 0.25) is 11.8 Å². The monoisotopic (exact) mass is 302 g/mol. The summed E-state index contributed by atoms with van der Waals surface area (Å²) < 4.78 is 1.71. The number of hydrogen-bond acceptors (Lipinski definition) is 3. The fourth-order valence-electron chi connectivity index (χ4n) is 3.87. The van der Waals surface area contributed by atoms with Gasteiger partial charge < -0.3 is 9.80 Å². The van der Waals surface area contributed by atoms with Crippen LogP contribution in [-0.2, 0) is 23.1 Å². The Balaban J connectivity index is 1.43. The van der Waals surface area contributed by atoms with Crippen LogP contribution in [0.2, 0.25) is 0 Å². The zero-order valence-corrected chi connectivity index (χ0v) is 12.9. The van der Waals surface area contributed by atoms with Crippen molar-refractivity contribution in [1.82, 2.24) is 19.6 Å². The predicted molar refractivity (Wildman–Crippen MR) is 79.9 cm³/mol. The van der Waals surface area contributed by atoms with Crippen LogP contribution in [0.1, 0.15) is 31.4 Å². The molecular weight excluding hydrogens is 280 g/mol. The second-order valence-corrected chi connectivity index (χ2v) is 6.86. The third-order valence-electron chi connectivity index (χ3n) is 5.19. The Morgan fingerprint density at radius 3 is 2.82 bits per heavy atom. The molecule has 6 nitrogen and oxygen atoms in total. The summed E-state index contributed by atoms with van der Waals surface area (Å²) >= 11 is 0. The van der Waals surface area contributed by atoms with Crippen LogP contribution in [-0.4, -0.2) is 56.6 Å². The Morgan fingerprint density at radius 1 is 1.32 bits per heavy atom. The molecule has 0 aromatic carbocycles. The van der Waals surface area contributed by atoms with E-state index >= 15 is 0 Å². The molecule has 2 atom stereocenters. The molecule has 1 saturated carbocycles. The summed E-state index contributed by atoms with van der Waals surface area (Å²) in [5.74, 6) is 1.05. The first-order valence-electron chi connectivity index (χ1n) is 8.19. The number of carbonyl (C=O) groups excluding carboxylic acids is 2. The van der Waals surface area contributed by atoms with Crippen molar-refractivity contribution < 1.29 is 9.59 Å². The van der Waals surface area contributed by atoms with Crippen LogP contribution >= 0.6 is 0 Å². The Morgan fingerprint density at radius 2 is 2.14 bits per heavy atom. The summed E-state index contributed by atoms with van der Waals surface area (Å²) in [4.78, 5) is 28.8. The van der Waals surface area contributed by atoms with Crippen molar-refractivity contribution >= 4 is 11.8 Å². The number of rotatable bonds is 4. The molecule has 4 rings (SSSR count). The van der Waals surface area contributed by atoms with E-state index in [1.165, 1.54) is 12.8 Å². The zero-order chi connectivity index (χ0) is 15.3. The van der Waals surface area contributed by atoms with Gasteiger partial charge in [0, 0.05) is 32.8 Å². The highest BCUT2D eigenvalue weighted by Gasteiger charge is 2.49. The number of hydrogen-bond donors (Lipinski definition) is 0. The maximum absolute atomic E-state index is 12.6. The molecule has 0 bridgehead atoms. The van der Waals surface area contributed by atoms with Gasteiger partial charge in [-0.2, -0.15) is 5.10 Å². The fraction of sp³-hybridized carbons (Fsp3) is 0.688. The lowest BCUT2D eigenvalue weighted by molar-refractivity contribution is -0.131. The first-order chi connectivity index (χ1) is 10.6. The maximum Gasteiger partial charge on any atom is 0.228 e. The molecule has 2 aliphatic heterocycles. The third-order valence-corrected chi connectivity index (χ3v) is 5.19. The van der Waals surface area contributed by atoms with E-state index in [0.717, 1.165) is 25.2 Å². The molecule has 0 unspecified atom stereocenters. The number of carbonyl (C=O) groups is 2. The van der Waals surface area contributed by atoms with Crippen molar-refractivity contribution in [2.45, 2.75) is 44.2 Å². The number of likely N-dealkylation sites (tertiary alicyclic amines) is 2. The van der Waals surface area contributed by atoms with Gasteiger partial charge in [-0.25, -0.2) is 0 Å². The average molecular weight is 302 g/mol. The van der Waals surface area contributed by atoms with Crippen molar-refractivity contribution in [3.8, 4) is 0 Å². The summed E-state index contributed by atoms with van der Waals surface area (Å²) in [7, 11) is 1.85. The van der Waals surface area contributed by atoms with Gasteiger partial charge in [0.15, 0.2) is 0 Å². The maximum atomic E-state index is 12.6. The van der Waals surface area contributed by atoms with E-state index in [2.05, 4.69) is 10.00 Å². The highest BCUT2D eigenvalue weighted by atomic mass is 16.2. The van der Waals surface area contributed by atoms with Crippen molar-refractivity contribution in [3.63, 3.8) is 0 Å². The second-order valence-electron chi connectivity index (χ2n) is 6.86. The summed E-state index contributed by atoms with van der Waals surface area (Å²) in [6, 6.07) is 2.22. The molecule has 3 fully saturated rings. The standard InChI is InChI=1S/C16H22N4O2/c1-18-6-4-12(17-18)8-15(21)19-7-5-13-14(19)9-16(22)20(13)10-11-2-3-11/h4,6,11,13-14H,2-3,5,7-10H2,1H3/t13-,14-/m1/s1. The quantitative estimate of drug-likeness (QED) is 0.817. The van der Waals surface area contributed by atoms with E-state index in [9.17, 15) is 9.59 Å². The number of nitrogens with zero attached hydrogens (tertiary/aromatic N) is 4. The van der Waals surface area contributed by atoms with Crippen molar-refractivity contribution in [2.75, 3.05) is 13.1 Å². The van der Waals surface area contributed by atoms with Gasteiger partial charge in [-0.1, -0.05) is 0 Å². The molecule has 118 valence electrons. The van der Waals surface area contributed by atoms with Gasteiger partial charge in [-0.05, 0) is 31.2 Å². The van der Waals surface area contributed by atoms with Crippen molar-refractivity contribution in [2.24, 2.45) is 13.0 Å². The predicted octanol–water partition coefficient (Wildman–Crippen LogP) is 0.574. The van der Waals surface area contributed by atoms with Gasteiger partial charge in [-0.3, -0.25) is 14.3 Å². The van der Waals surface area contributed by atoms with Crippen LogP contribution in [0.4, 0.5) is 0 Å². The van der Waals surface area contributed by atoms with Crippen molar-refractivity contribution in [1.29, 1.82) is 0 Å². The zero-order valence-electron chi connectivity index (χ0n) is 12.9. The second kappa shape index (κ2) is 5.11. The van der Waals surface area contributed by atoms with Crippen LogP contribution in [0.5, 0.6) is 0 Å². The molecular formula is C16H22N4O2. The van der Waals surface area contributed by atoms with Gasteiger partial charge in [-0.15, -0.1) is 0 Å². The molecule has 1 aromatic rings. The number of amides is 2. The molecule has 6 heteroatoms.